The lowest BCUT2D eigenvalue weighted by Gasteiger charge is -2.12. The van der Waals surface area contributed by atoms with E-state index in [1.807, 2.05) is 0 Å². The summed E-state index contributed by atoms with van der Waals surface area (Å²) in [5.41, 5.74) is 6.24. The summed E-state index contributed by atoms with van der Waals surface area (Å²) in [6.07, 6.45) is 2.49. The Morgan fingerprint density at radius 2 is 1.93 bits per heavy atom. The second kappa shape index (κ2) is 10.7. The maximum Gasteiger partial charge on any atom is 0.272 e. The second-order valence-corrected chi connectivity index (χ2v) is 7.66. The number of aromatic nitrogens is 1. The Morgan fingerprint density at radius 1 is 1.20 bits per heavy atom. The van der Waals surface area contributed by atoms with E-state index < -0.39 is 5.92 Å². The molecule has 0 radical (unpaired) electrons. The highest BCUT2D eigenvalue weighted by Crippen LogP contribution is 2.26. The van der Waals surface area contributed by atoms with Crippen LogP contribution in [0.15, 0.2) is 59.3 Å². The van der Waals surface area contributed by atoms with Crippen LogP contribution in [0.25, 0.3) is 0 Å². The second-order valence-electron chi connectivity index (χ2n) is 6.64. The topological polar surface area (TPSA) is 97.1 Å². The van der Waals surface area contributed by atoms with Crippen molar-refractivity contribution >= 4 is 29.3 Å². The van der Waals surface area contributed by atoms with Crippen LogP contribution in [0.4, 0.5) is 14.6 Å². The number of nitrogens with two attached hydrogens (primary N) is 1. The molecule has 1 heterocycles. The molecule has 2 rings (SSSR count). The van der Waals surface area contributed by atoms with Crippen LogP contribution in [-0.4, -0.2) is 35.5 Å². The Labute approximate surface area is 178 Å². The third kappa shape index (κ3) is 7.47. The van der Waals surface area contributed by atoms with Crippen LogP contribution >= 0.6 is 11.8 Å². The van der Waals surface area contributed by atoms with E-state index in [0.717, 1.165) is 13.1 Å². The Kier molecular flexibility index (Phi) is 8.35. The number of carbonyl (C=O) groups excluding carboxylic acids is 2. The van der Waals surface area contributed by atoms with Crippen molar-refractivity contribution in [3.8, 4) is 0 Å². The zero-order valence-electron chi connectivity index (χ0n) is 16.7. The molecule has 1 aromatic carbocycles. The number of hydrogen-bond donors (Lipinski definition) is 3. The van der Waals surface area contributed by atoms with Gasteiger partial charge in [0.1, 0.15) is 5.82 Å². The Morgan fingerprint density at radius 3 is 2.57 bits per heavy atom. The quantitative estimate of drug-likeness (QED) is 0.301. The van der Waals surface area contributed by atoms with Crippen molar-refractivity contribution in [3.05, 3.63) is 65.5 Å². The molecule has 0 fully saturated rings. The van der Waals surface area contributed by atoms with Gasteiger partial charge in [-0.15, -0.1) is 11.8 Å². The Balaban J connectivity index is 1.85. The van der Waals surface area contributed by atoms with Crippen molar-refractivity contribution in [2.45, 2.75) is 24.7 Å². The maximum absolute atomic E-state index is 13.2. The normalized spacial score (nSPS) is 11.8. The van der Waals surface area contributed by atoms with E-state index in [1.54, 1.807) is 31.2 Å². The monoisotopic (exact) mass is 434 g/mol. The number of halogens is 2. The minimum atomic E-state index is -2.94. The highest BCUT2D eigenvalue weighted by molar-refractivity contribution is 8.00. The van der Waals surface area contributed by atoms with Gasteiger partial charge in [0, 0.05) is 48.4 Å². The van der Waals surface area contributed by atoms with Crippen LogP contribution in [0, 0.1) is 0 Å². The number of benzene rings is 1. The summed E-state index contributed by atoms with van der Waals surface area (Å²) in [6, 6.07) is 9.78. The predicted molar refractivity (Wildman–Crippen MR) is 115 cm³/mol. The number of rotatable bonds is 10. The number of anilines is 1. The van der Waals surface area contributed by atoms with E-state index in [9.17, 15) is 18.4 Å². The van der Waals surface area contributed by atoms with Crippen LogP contribution < -0.4 is 16.4 Å². The summed E-state index contributed by atoms with van der Waals surface area (Å²) in [5, 5.41) is 5.75. The van der Waals surface area contributed by atoms with Crippen LogP contribution in [0.1, 0.15) is 29.8 Å². The maximum atomic E-state index is 13.2. The average molecular weight is 435 g/mol. The van der Waals surface area contributed by atoms with Gasteiger partial charge in [-0.25, -0.2) is 13.8 Å². The fraction of sp³-hybridized carbons (Fsp3) is 0.286. The minimum Gasteiger partial charge on any atom is -0.402 e. The summed E-state index contributed by atoms with van der Waals surface area (Å²) in [7, 11) is 0. The van der Waals surface area contributed by atoms with Crippen molar-refractivity contribution in [2.75, 3.05) is 24.2 Å². The number of carbonyl (C=O) groups is 2. The number of ketones is 1. The number of nitrogens with zero attached hydrogens (tertiary/aromatic N) is 1. The van der Waals surface area contributed by atoms with Gasteiger partial charge in [-0.3, -0.25) is 9.59 Å². The first-order chi connectivity index (χ1) is 14.2. The molecule has 0 aliphatic rings. The fourth-order valence-electron chi connectivity index (χ4n) is 2.44. The van der Waals surface area contributed by atoms with E-state index in [-0.39, 0.29) is 23.0 Å². The molecule has 1 aromatic heterocycles. The molecule has 0 aliphatic carbocycles. The van der Waals surface area contributed by atoms with Gasteiger partial charge in [-0.1, -0.05) is 12.1 Å². The van der Waals surface area contributed by atoms with Crippen molar-refractivity contribution in [1.29, 1.82) is 0 Å². The minimum absolute atomic E-state index is 0.126. The summed E-state index contributed by atoms with van der Waals surface area (Å²) in [4.78, 5) is 28.9. The summed E-state index contributed by atoms with van der Waals surface area (Å²) in [5.74, 6) is -2.71. The van der Waals surface area contributed by atoms with E-state index in [2.05, 4.69) is 15.6 Å². The summed E-state index contributed by atoms with van der Waals surface area (Å²) in [6.45, 7) is 3.13. The molecule has 1 amide bonds. The first kappa shape index (κ1) is 23.3. The molecule has 0 saturated heterocycles. The number of alkyl halides is 2. The average Bonchev–Trinajstić information content (AvgIpc) is 2.69. The van der Waals surface area contributed by atoms with Gasteiger partial charge in [0.2, 0.25) is 0 Å². The Bertz CT molecular complexity index is 908. The molecule has 0 bridgehead atoms. The first-order valence-corrected chi connectivity index (χ1v) is 10.2. The van der Waals surface area contributed by atoms with Gasteiger partial charge < -0.3 is 16.4 Å². The van der Waals surface area contributed by atoms with Crippen LogP contribution in [0.2, 0.25) is 0 Å². The zero-order valence-corrected chi connectivity index (χ0v) is 17.6. The number of nitrogens with one attached hydrogen (secondary N) is 2. The van der Waals surface area contributed by atoms with E-state index in [0.29, 0.717) is 35.1 Å². The molecule has 0 atom stereocenters. The molecule has 9 heteroatoms. The molecule has 6 nitrogen and oxygen atoms in total. The number of amides is 1. The molecule has 0 aliphatic heterocycles. The molecule has 4 N–H and O–H groups in total. The molecule has 0 spiro atoms. The highest BCUT2D eigenvalue weighted by Gasteiger charge is 2.24. The van der Waals surface area contributed by atoms with Gasteiger partial charge in [0.15, 0.2) is 5.78 Å². The highest BCUT2D eigenvalue weighted by atomic mass is 32.2. The smallest absolute Gasteiger partial charge is 0.272 e. The molecule has 30 heavy (non-hydrogen) atoms. The van der Waals surface area contributed by atoms with Crippen molar-refractivity contribution < 1.29 is 18.4 Å². The Hall–Kier alpha value is -2.94. The van der Waals surface area contributed by atoms with E-state index in [1.165, 1.54) is 30.0 Å². The third-order valence-electron chi connectivity index (χ3n) is 3.88. The standard InChI is InChI=1S/C21H24F2N4O2S/c1-14(24)11-16(28)13-30-18-6-4-3-5-17(18)20(29)26-10-9-25-19-8-7-15(12-27-19)21(2,22)23/h3-8,11-12H,9-10,13,24H2,1-2H3,(H,25,27)(H,26,29). The largest absolute Gasteiger partial charge is 0.402 e. The molecule has 2 aromatic rings. The van der Waals surface area contributed by atoms with Gasteiger partial charge in [-0.05, 0) is 31.2 Å². The summed E-state index contributed by atoms with van der Waals surface area (Å²) < 4.78 is 26.4. The van der Waals surface area contributed by atoms with Gasteiger partial charge in [0.25, 0.3) is 11.8 Å². The molecule has 0 unspecified atom stereocenters. The number of allylic oxidation sites excluding steroid dienone is 2. The van der Waals surface area contributed by atoms with Crippen molar-refractivity contribution in [3.63, 3.8) is 0 Å². The first-order valence-electron chi connectivity index (χ1n) is 9.21. The van der Waals surface area contributed by atoms with Crippen molar-refractivity contribution in [2.24, 2.45) is 5.73 Å². The zero-order chi connectivity index (χ0) is 22.1. The van der Waals surface area contributed by atoms with E-state index >= 15 is 0 Å². The van der Waals surface area contributed by atoms with Crippen LogP contribution in [0.3, 0.4) is 0 Å². The molecular formula is C21H24F2N4O2S. The predicted octanol–water partition coefficient (Wildman–Crippen LogP) is 3.56. The van der Waals surface area contributed by atoms with Crippen molar-refractivity contribution in [1.82, 2.24) is 10.3 Å². The van der Waals surface area contributed by atoms with Gasteiger partial charge >= 0.3 is 0 Å². The van der Waals surface area contributed by atoms with Crippen LogP contribution in [0.5, 0.6) is 0 Å². The lowest BCUT2D eigenvalue weighted by molar-refractivity contribution is -0.112. The van der Waals surface area contributed by atoms with Gasteiger partial charge in [0.05, 0.1) is 11.3 Å². The van der Waals surface area contributed by atoms with Crippen LogP contribution in [-0.2, 0) is 10.7 Å². The molecule has 160 valence electrons. The third-order valence-corrected chi connectivity index (χ3v) is 4.97. The molecule has 0 saturated carbocycles. The summed E-state index contributed by atoms with van der Waals surface area (Å²) >= 11 is 1.27. The number of thioether (sulfide) groups is 1. The lowest BCUT2D eigenvalue weighted by Crippen LogP contribution is -2.29. The number of pyridine rings is 1. The van der Waals surface area contributed by atoms with E-state index in [4.69, 9.17) is 5.73 Å². The molecular weight excluding hydrogens is 410 g/mol. The van der Waals surface area contributed by atoms with Gasteiger partial charge in [-0.2, -0.15) is 0 Å². The SMILES string of the molecule is CC(N)=CC(=O)CSc1ccccc1C(=O)NCCNc1ccc(C(C)(F)F)cn1. The fourth-order valence-corrected chi connectivity index (χ4v) is 3.32. The number of hydrogen-bond acceptors (Lipinski definition) is 6. The lowest BCUT2D eigenvalue weighted by atomic mass is 10.2.